The molecule has 0 spiro atoms. The Labute approximate surface area is 213 Å². The summed E-state index contributed by atoms with van der Waals surface area (Å²) in [6.07, 6.45) is 5.03. The molecule has 1 amide bonds. The van der Waals surface area contributed by atoms with Crippen LogP contribution >= 0.6 is 23.1 Å². The summed E-state index contributed by atoms with van der Waals surface area (Å²) in [7, 11) is 1.33. The fraction of sp³-hybridized carbons (Fsp3) is 0.440. The van der Waals surface area contributed by atoms with Crippen molar-refractivity contribution in [2.75, 3.05) is 18.2 Å². The Kier molecular flexibility index (Phi) is 8.12. The second kappa shape index (κ2) is 11.3. The summed E-state index contributed by atoms with van der Waals surface area (Å²) in [5, 5.41) is 12.7. The average Bonchev–Trinajstić information content (AvgIpc) is 3.58. The van der Waals surface area contributed by atoms with Crippen LogP contribution < -0.4 is 10.1 Å². The summed E-state index contributed by atoms with van der Waals surface area (Å²) >= 11 is 2.68. The van der Waals surface area contributed by atoms with Crippen molar-refractivity contribution in [1.82, 2.24) is 14.8 Å². The van der Waals surface area contributed by atoms with Gasteiger partial charge >= 0.3 is 5.97 Å². The van der Waals surface area contributed by atoms with Crippen molar-refractivity contribution >= 4 is 40.0 Å². The minimum absolute atomic E-state index is 0.142. The van der Waals surface area contributed by atoms with E-state index in [1.165, 1.54) is 43.1 Å². The molecule has 35 heavy (non-hydrogen) atoms. The molecular formula is C25H30N4O4S2. The number of thiophene rings is 1. The molecule has 2 heterocycles. The number of hydrogen-bond donors (Lipinski definition) is 1. The van der Waals surface area contributed by atoms with Gasteiger partial charge in [0, 0.05) is 17.0 Å². The maximum absolute atomic E-state index is 12.7. The number of carbonyl (C=O) groups excluding carboxylic acids is 2. The van der Waals surface area contributed by atoms with E-state index in [1.807, 2.05) is 49.6 Å². The van der Waals surface area contributed by atoms with Gasteiger partial charge in [-0.3, -0.25) is 4.79 Å². The number of amides is 1. The summed E-state index contributed by atoms with van der Waals surface area (Å²) in [4.78, 5) is 25.8. The summed E-state index contributed by atoms with van der Waals surface area (Å²) in [5.74, 6) is 1.09. The van der Waals surface area contributed by atoms with Gasteiger partial charge in [-0.2, -0.15) is 0 Å². The van der Waals surface area contributed by atoms with E-state index in [2.05, 4.69) is 15.5 Å². The monoisotopic (exact) mass is 514 g/mol. The third-order valence-corrected chi connectivity index (χ3v) is 8.20. The van der Waals surface area contributed by atoms with Crippen molar-refractivity contribution in [2.24, 2.45) is 0 Å². The lowest BCUT2D eigenvalue weighted by molar-refractivity contribution is -0.113. The third kappa shape index (κ3) is 5.70. The lowest BCUT2D eigenvalue weighted by Gasteiger charge is -2.13. The van der Waals surface area contributed by atoms with Crippen molar-refractivity contribution < 1.29 is 19.1 Å². The van der Waals surface area contributed by atoms with Gasteiger partial charge in [-0.05, 0) is 76.3 Å². The zero-order chi connectivity index (χ0) is 24.9. The van der Waals surface area contributed by atoms with Crippen LogP contribution in [0.5, 0.6) is 5.75 Å². The number of nitrogens with zero attached hydrogens (tertiary/aromatic N) is 3. The van der Waals surface area contributed by atoms with Crippen LogP contribution in [0, 0.1) is 13.8 Å². The predicted octanol–water partition coefficient (Wildman–Crippen LogP) is 5.48. The van der Waals surface area contributed by atoms with Crippen molar-refractivity contribution in [2.45, 2.75) is 64.3 Å². The minimum Gasteiger partial charge on any atom is -0.490 e. The number of nitrogens with one attached hydrogen (secondary N) is 1. The van der Waals surface area contributed by atoms with Gasteiger partial charge in [0.2, 0.25) is 5.91 Å². The highest BCUT2D eigenvalue weighted by atomic mass is 32.2. The topological polar surface area (TPSA) is 95.3 Å². The first-order valence-corrected chi connectivity index (χ1v) is 13.5. The zero-order valence-corrected chi connectivity index (χ0v) is 22.1. The van der Waals surface area contributed by atoms with Crippen LogP contribution in [0.2, 0.25) is 0 Å². The highest BCUT2D eigenvalue weighted by Crippen LogP contribution is 2.33. The molecule has 1 aliphatic rings. The molecule has 0 atom stereocenters. The van der Waals surface area contributed by atoms with Crippen LogP contribution in [0.25, 0.3) is 11.4 Å². The number of aryl methyl sites for hydroxylation is 1. The summed E-state index contributed by atoms with van der Waals surface area (Å²) < 4.78 is 12.9. The van der Waals surface area contributed by atoms with Crippen LogP contribution in [0.3, 0.4) is 0 Å². The minimum atomic E-state index is -0.454. The van der Waals surface area contributed by atoms with Gasteiger partial charge in [-0.15, -0.1) is 21.5 Å². The number of anilines is 1. The Hall–Kier alpha value is -2.85. The van der Waals surface area contributed by atoms with Crippen molar-refractivity contribution in [1.29, 1.82) is 0 Å². The molecule has 2 aromatic heterocycles. The van der Waals surface area contributed by atoms with Gasteiger partial charge in [0.05, 0.1) is 24.5 Å². The van der Waals surface area contributed by atoms with Crippen LogP contribution in [0.1, 0.15) is 53.4 Å². The predicted molar refractivity (Wildman–Crippen MR) is 139 cm³/mol. The van der Waals surface area contributed by atoms with E-state index in [0.717, 1.165) is 40.4 Å². The molecule has 8 nitrogen and oxygen atoms in total. The molecule has 0 aliphatic heterocycles. The van der Waals surface area contributed by atoms with Gasteiger partial charge < -0.3 is 19.4 Å². The first-order chi connectivity index (χ1) is 16.9. The maximum atomic E-state index is 12.7. The number of methoxy groups -OCH3 is 1. The number of rotatable bonds is 9. The molecule has 3 aromatic rings. The van der Waals surface area contributed by atoms with E-state index >= 15 is 0 Å². The van der Waals surface area contributed by atoms with Gasteiger partial charge in [0.15, 0.2) is 11.0 Å². The number of esters is 1. The Bertz CT molecular complexity index is 1200. The Morgan fingerprint density at radius 2 is 1.89 bits per heavy atom. The smallest absolute Gasteiger partial charge is 0.341 e. The van der Waals surface area contributed by atoms with Crippen LogP contribution in [0.15, 0.2) is 29.4 Å². The van der Waals surface area contributed by atoms with E-state index in [4.69, 9.17) is 9.47 Å². The Balaban J connectivity index is 1.41. The van der Waals surface area contributed by atoms with E-state index in [9.17, 15) is 9.59 Å². The van der Waals surface area contributed by atoms with E-state index in [1.54, 1.807) is 0 Å². The molecule has 1 saturated carbocycles. The van der Waals surface area contributed by atoms with Gasteiger partial charge in [-0.1, -0.05) is 11.8 Å². The second-order valence-electron chi connectivity index (χ2n) is 8.41. The highest BCUT2D eigenvalue weighted by molar-refractivity contribution is 7.99. The molecule has 1 fully saturated rings. The number of carbonyl (C=O) groups is 2. The fourth-order valence-corrected chi connectivity index (χ4v) is 6.00. The summed E-state index contributed by atoms with van der Waals surface area (Å²) in [6, 6.07) is 7.95. The quantitative estimate of drug-likeness (QED) is 0.298. The van der Waals surface area contributed by atoms with Gasteiger partial charge in [-0.25, -0.2) is 4.79 Å². The molecule has 186 valence electrons. The van der Waals surface area contributed by atoms with Crippen LogP contribution in [0.4, 0.5) is 5.00 Å². The molecule has 0 radical (unpaired) electrons. The molecule has 1 N–H and O–H groups in total. The van der Waals surface area contributed by atoms with Gasteiger partial charge in [0.1, 0.15) is 10.8 Å². The first-order valence-electron chi connectivity index (χ1n) is 11.7. The largest absolute Gasteiger partial charge is 0.490 e. The first kappa shape index (κ1) is 25.2. The maximum Gasteiger partial charge on any atom is 0.341 e. The fourth-order valence-electron chi connectivity index (χ4n) is 4.13. The average molecular weight is 515 g/mol. The molecule has 1 aliphatic carbocycles. The summed E-state index contributed by atoms with van der Waals surface area (Å²) in [6.45, 7) is 6.45. The molecule has 10 heteroatoms. The summed E-state index contributed by atoms with van der Waals surface area (Å²) in [5.41, 5.74) is 2.18. The Morgan fingerprint density at radius 1 is 1.17 bits per heavy atom. The van der Waals surface area contributed by atoms with Crippen LogP contribution in [-0.4, -0.2) is 45.6 Å². The van der Waals surface area contributed by atoms with Crippen molar-refractivity contribution in [3.05, 3.63) is 40.3 Å². The van der Waals surface area contributed by atoms with Crippen molar-refractivity contribution in [3.63, 3.8) is 0 Å². The van der Waals surface area contributed by atoms with E-state index < -0.39 is 5.97 Å². The Morgan fingerprint density at radius 3 is 2.54 bits per heavy atom. The van der Waals surface area contributed by atoms with E-state index in [0.29, 0.717) is 28.4 Å². The molecule has 0 bridgehead atoms. The molecule has 1 aromatic carbocycles. The SMILES string of the molecule is CCn1c(SCC(=O)Nc2sc(C)c(C)c2C(=O)OC)nnc1-c1ccc(OC2CCCC2)cc1. The molecule has 0 saturated heterocycles. The number of aromatic nitrogens is 3. The number of benzene rings is 1. The molecule has 0 unspecified atom stereocenters. The van der Waals surface area contributed by atoms with Crippen LogP contribution in [-0.2, 0) is 16.1 Å². The van der Waals surface area contributed by atoms with Gasteiger partial charge in [0.25, 0.3) is 0 Å². The highest BCUT2D eigenvalue weighted by Gasteiger charge is 2.22. The lowest BCUT2D eigenvalue weighted by Crippen LogP contribution is -2.16. The standard InChI is InChI=1S/C25H30N4O4S2/c1-5-29-22(17-10-12-19(13-11-17)33-18-8-6-7-9-18)27-28-25(29)34-14-20(30)26-23-21(24(31)32-4)15(2)16(3)35-23/h10-13,18H,5-9,14H2,1-4H3,(H,26,30). The number of hydrogen-bond acceptors (Lipinski definition) is 8. The molecule has 4 rings (SSSR count). The lowest BCUT2D eigenvalue weighted by atomic mass is 10.1. The van der Waals surface area contributed by atoms with Crippen molar-refractivity contribution in [3.8, 4) is 17.1 Å². The third-order valence-electron chi connectivity index (χ3n) is 6.11. The number of ether oxygens (including phenoxy) is 2. The zero-order valence-electron chi connectivity index (χ0n) is 20.4. The molecular weight excluding hydrogens is 484 g/mol. The normalized spacial score (nSPS) is 13.7. The van der Waals surface area contributed by atoms with E-state index in [-0.39, 0.29) is 11.7 Å². The number of thioether (sulfide) groups is 1. The second-order valence-corrected chi connectivity index (χ2v) is 10.6.